The summed E-state index contributed by atoms with van der Waals surface area (Å²) in [6.07, 6.45) is 0.459. The molecule has 1 aromatic rings. The van der Waals surface area contributed by atoms with Crippen molar-refractivity contribution in [2.24, 2.45) is 5.73 Å². The maximum absolute atomic E-state index is 11.8. The molecule has 0 aliphatic carbocycles. The van der Waals surface area contributed by atoms with Crippen LogP contribution in [0.4, 0.5) is 10.5 Å². The van der Waals surface area contributed by atoms with Gasteiger partial charge in [-0.2, -0.15) is 0 Å². The molecule has 114 valence electrons. The number of primary amides is 1. The topological polar surface area (TPSA) is 93.5 Å². The second-order valence-corrected chi connectivity index (χ2v) is 5.53. The molecule has 1 fully saturated rings. The van der Waals surface area contributed by atoms with Crippen LogP contribution < -0.4 is 16.4 Å². The van der Waals surface area contributed by atoms with E-state index in [-0.39, 0.29) is 12.6 Å². The van der Waals surface area contributed by atoms with Crippen LogP contribution in [-0.4, -0.2) is 30.7 Å². The SMILES string of the molecule is NC(=O)[C@@H]1CC[C@@H](CNC(=O)Nc2cc(Cl)ccc2Cl)O1. The molecular formula is C13H15Cl2N3O3. The Morgan fingerprint density at radius 3 is 2.76 bits per heavy atom. The van der Waals surface area contributed by atoms with E-state index in [1.807, 2.05) is 0 Å². The zero-order chi connectivity index (χ0) is 15.4. The van der Waals surface area contributed by atoms with Gasteiger partial charge in [-0.15, -0.1) is 0 Å². The van der Waals surface area contributed by atoms with Crippen molar-refractivity contribution in [3.63, 3.8) is 0 Å². The molecule has 8 heteroatoms. The van der Waals surface area contributed by atoms with Crippen molar-refractivity contribution in [2.75, 3.05) is 11.9 Å². The van der Waals surface area contributed by atoms with Crippen LogP contribution in [0.3, 0.4) is 0 Å². The molecule has 0 radical (unpaired) electrons. The van der Waals surface area contributed by atoms with E-state index in [9.17, 15) is 9.59 Å². The Morgan fingerprint density at radius 2 is 2.10 bits per heavy atom. The molecule has 0 aromatic heterocycles. The van der Waals surface area contributed by atoms with E-state index in [1.165, 1.54) is 0 Å². The van der Waals surface area contributed by atoms with Crippen LogP contribution in [0, 0.1) is 0 Å². The Hall–Kier alpha value is -1.50. The van der Waals surface area contributed by atoms with Gasteiger partial charge in [0.1, 0.15) is 6.10 Å². The number of rotatable bonds is 4. The highest BCUT2D eigenvalue weighted by molar-refractivity contribution is 6.35. The lowest BCUT2D eigenvalue weighted by Crippen LogP contribution is -2.36. The van der Waals surface area contributed by atoms with Crippen molar-refractivity contribution in [3.8, 4) is 0 Å². The number of carbonyl (C=O) groups is 2. The molecule has 0 bridgehead atoms. The van der Waals surface area contributed by atoms with Gasteiger partial charge < -0.3 is 21.1 Å². The first kappa shape index (κ1) is 15.9. The number of carbonyl (C=O) groups excluding carboxylic acids is 2. The first-order valence-electron chi connectivity index (χ1n) is 6.40. The molecule has 1 saturated heterocycles. The van der Waals surface area contributed by atoms with Crippen LogP contribution in [0.5, 0.6) is 0 Å². The zero-order valence-corrected chi connectivity index (χ0v) is 12.6. The Labute approximate surface area is 131 Å². The molecule has 0 spiro atoms. The van der Waals surface area contributed by atoms with E-state index < -0.39 is 18.0 Å². The quantitative estimate of drug-likeness (QED) is 0.789. The fourth-order valence-electron chi connectivity index (χ4n) is 2.03. The summed E-state index contributed by atoms with van der Waals surface area (Å²) >= 11 is 11.8. The lowest BCUT2D eigenvalue weighted by Gasteiger charge is -2.13. The van der Waals surface area contributed by atoms with Crippen molar-refractivity contribution < 1.29 is 14.3 Å². The van der Waals surface area contributed by atoms with Gasteiger partial charge in [-0.3, -0.25) is 4.79 Å². The molecule has 21 heavy (non-hydrogen) atoms. The fourth-order valence-corrected chi connectivity index (χ4v) is 2.37. The minimum Gasteiger partial charge on any atom is -0.367 e. The van der Waals surface area contributed by atoms with Crippen LogP contribution in [0.15, 0.2) is 18.2 Å². The van der Waals surface area contributed by atoms with Crippen molar-refractivity contribution in [2.45, 2.75) is 25.0 Å². The molecule has 1 aromatic carbocycles. The predicted octanol–water partition coefficient (Wildman–Crippen LogP) is 2.15. The van der Waals surface area contributed by atoms with Gasteiger partial charge in [-0.1, -0.05) is 23.2 Å². The molecule has 1 aliphatic heterocycles. The highest BCUT2D eigenvalue weighted by atomic mass is 35.5. The maximum Gasteiger partial charge on any atom is 0.319 e. The van der Waals surface area contributed by atoms with E-state index >= 15 is 0 Å². The highest BCUT2D eigenvalue weighted by Gasteiger charge is 2.29. The molecule has 0 unspecified atom stereocenters. The van der Waals surface area contributed by atoms with E-state index in [2.05, 4.69) is 10.6 Å². The van der Waals surface area contributed by atoms with Crippen LogP contribution >= 0.6 is 23.2 Å². The van der Waals surface area contributed by atoms with Gasteiger partial charge in [0, 0.05) is 11.6 Å². The second-order valence-electron chi connectivity index (χ2n) is 4.69. The van der Waals surface area contributed by atoms with Gasteiger partial charge in [-0.05, 0) is 31.0 Å². The number of nitrogens with one attached hydrogen (secondary N) is 2. The number of hydrogen-bond donors (Lipinski definition) is 3. The molecule has 6 nitrogen and oxygen atoms in total. The molecule has 2 atom stereocenters. The Balaban J connectivity index is 1.80. The molecule has 1 aliphatic rings. The summed E-state index contributed by atoms with van der Waals surface area (Å²) in [5, 5.41) is 6.11. The summed E-state index contributed by atoms with van der Waals surface area (Å²) in [6, 6.07) is 4.35. The van der Waals surface area contributed by atoms with Gasteiger partial charge in [0.15, 0.2) is 0 Å². The lowest BCUT2D eigenvalue weighted by atomic mass is 10.2. The summed E-state index contributed by atoms with van der Waals surface area (Å²) < 4.78 is 5.40. The minimum absolute atomic E-state index is 0.219. The third-order valence-electron chi connectivity index (χ3n) is 3.09. The summed E-state index contributed by atoms with van der Waals surface area (Å²) in [7, 11) is 0. The molecule has 2 rings (SSSR count). The van der Waals surface area contributed by atoms with Crippen molar-refractivity contribution >= 4 is 40.8 Å². The summed E-state index contributed by atoms with van der Waals surface area (Å²) in [5.41, 5.74) is 5.58. The molecule has 1 heterocycles. The Morgan fingerprint density at radius 1 is 1.33 bits per heavy atom. The number of ether oxygens (including phenoxy) is 1. The van der Waals surface area contributed by atoms with Crippen LogP contribution in [-0.2, 0) is 9.53 Å². The smallest absolute Gasteiger partial charge is 0.319 e. The average Bonchev–Trinajstić information content (AvgIpc) is 2.90. The van der Waals surface area contributed by atoms with Gasteiger partial charge in [-0.25, -0.2) is 4.79 Å². The average molecular weight is 332 g/mol. The normalized spacial score (nSPS) is 21.0. The Bertz CT molecular complexity index is 553. The first-order valence-corrected chi connectivity index (χ1v) is 7.16. The van der Waals surface area contributed by atoms with E-state index in [0.29, 0.717) is 28.6 Å². The molecular weight excluding hydrogens is 317 g/mol. The number of urea groups is 1. The van der Waals surface area contributed by atoms with Crippen molar-refractivity contribution in [1.29, 1.82) is 0 Å². The zero-order valence-electron chi connectivity index (χ0n) is 11.1. The number of hydrogen-bond acceptors (Lipinski definition) is 3. The minimum atomic E-state index is -0.567. The van der Waals surface area contributed by atoms with Gasteiger partial charge in [0.05, 0.1) is 16.8 Å². The first-order chi connectivity index (χ1) is 9.95. The van der Waals surface area contributed by atoms with Gasteiger partial charge >= 0.3 is 6.03 Å². The Kier molecular flexibility index (Phi) is 5.27. The fraction of sp³-hybridized carbons (Fsp3) is 0.385. The number of nitrogens with two attached hydrogens (primary N) is 1. The summed E-state index contributed by atoms with van der Waals surface area (Å²) in [5.74, 6) is -0.479. The summed E-state index contributed by atoms with van der Waals surface area (Å²) in [6.45, 7) is 0.286. The highest BCUT2D eigenvalue weighted by Crippen LogP contribution is 2.25. The lowest BCUT2D eigenvalue weighted by molar-refractivity contribution is -0.128. The van der Waals surface area contributed by atoms with Crippen LogP contribution in [0.1, 0.15) is 12.8 Å². The van der Waals surface area contributed by atoms with E-state index in [1.54, 1.807) is 18.2 Å². The standard InChI is InChI=1S/C13H15Cl2N3O3/c14-7-1-3-9(15)10(5-7)18-13(20)17-6-8-2-4-11(21-8)12(16)19/h1,3,5,8,11H,2,4,6H2,(H2,16,19)(H2,17,18,20)/t8-,11-/m0/s1. The molecule has 3 amide bonds. The third-order valence-corrected chi connectivity index (χ3v) is 3.66. The molecule has 4 N–H and O–H groups in total. The van der Waals surface area contributed by atoms with Crippen molar-refractivity contribution in [3.05, 3.63) is 28.2 Å². The number of benzene rings is 1. The number of anilines is 1. The second kappa shape index (κ2) is 6.98. The van der Waals surface area contributed by atoms with Crippen LogP contribution in [0.2, 0.25) is 10.0 Å². The third kappa shape index (κ3) is 4.49. The van der Waals surface area contributed by atoms with E-state index in [0.717, 1.165) is 0 Å². The molecule has 0 saturated carbocycles. The maximum atomic E-state index is 11.8. The largest absolute Gasteiger partial charge is 0.367 e. The summed E-state index contributed by atoms with van der Waals surface area (Å²) in [4.78, 5) is 22.7. The monoisotopic (exact) mass is 331 g/mol. The van der Waals surface area contributed by atoms with Crippen LogP contribution in [0.25, 0.3) is 0 Å². The van der Waals surface area contributed by atoms with Crippen molar-refractivity contribution in [1.82, 2.24) is 5.32 Å². The van der Waals surface area contributed by atoms with Gasteiger partial charge in [0.2, 0.25) is 5.91 Å². The van der Waals surface area contributed by atoms with E-state index in [4.69, 9.17) is 33.7 Å². The predicted molar refractivity (Wildman–Crippen MR) is 80.6 cm³/mol. The number of amides is 3. The van der Waals surface area contributed by atoms with Gasteiger partial charge in [0.25, 0.3) is 0 Å². The number of halogens is 2.